The minimum absolute atomic E-state index is 0.388. The molecule has 1 atom stereocenters. The minimum atomic E-state index is -0.388. The van der Waals surface area contributed by atoms with Crippen molar-refractivity contribution in [2.45, 2.75) is 46.6 Å². The van der Waals surface area contributed by atoms with Crippen LogP contribution in [0.2, 0.25) is 0 Å². The average Bonchev–Trinajstić information content (AvgIpc) is 2.16. The molecule has 0 aliphatic carbocycles. The van der Waals surface area contributed by atoms with Gasteiger partial charge in [-0.2, -0.15) is 0 Å². The summed E-state index contributed by atoms with van der Waals surface area (Å²) >= 11 is 0. The predicted octanol–water partition coefficient (Wildman–Crippen LogP) is 3.45. The summed E-state index contributed by atoms with van der Waals surface area (Å²) in [7, 11) is 0. The van der Waals surface area contributed by atoms with E-state index in [-0.39, 0.29) is 6.10 Å². The molecule has 86 valence electrons. The van der Waals surface area contributed by atoms with E-state index in [1.54, 1.807) is 0 Å². The van der Waals surface area contributed by atoms with E-state index in [1.165, 1.54) is 16.7 Å². The van der Waals surface area contributed by atoms with Crippen molar-refractivity contribution in [2.24, 2.45) is 0 Å². The topological polar surface area (TPSA) is 20.2 Å². The molecule has 0 aliphatic heterocycles. The summed E-state index contributed by atoms with van der Waals surface area (Å²) in [4.78, 5) is 0. The van der Waals surface area contributed by atoms with Crippen molar-refractivity contribution in [1.82, 2.24) is 0 Å². The lowest BCUT2D eigenvalue weighted by Crippen LogP contribution is -2.03. The largest absolute Gasteiger partial charge is 0.388 e. The fraction of sp³-hybridized carbons (Fsp3) is 0.467. The van der Waals surface area contributed by atoms with Gasteiger partial charge in [0.2, 0.25) is 0 Å². The van der Waals surface area contributed by atoms with Crippen LogP contribution in [0, 0.1) is 32.6 Å². The molecule has 1 unspecified atom stereocenters. The molecule has 0 bridgehead atoms. The molecular formula is C15H20O. The van der Waals surface area contributed by atoms with Crippen LogP contribution in [0.5, 0.6) is 0 Å². The van der Waals surface area contributed by atoms with Crippen molar-refractivity contribution in [3.8, 4) is 11.8 Å². The van der Waals surface area contributed by atoms with E-state index in [0.29, 0.717) is 6.42 Å². The first-order valence-corrected chi connectivity index (χ1v) is 5.71. The Hall–Kier alpha value is -1.26. The van der Waals surface area contributed by atoms with Gasteiger partial charge in [-0.05, 0) is 50.8 Å². The van der Waals surface area contributed by atoms with Gasteiger partial charge in [-0.25, -0.2) is 0 Å². The second kappa shape index (κ2) is 5.72. The van der Waals surface area contributed by atoms with E-state index in [9.17, 15) is 5.11 Å². The Kier molecular flexibility index (Phi) is 4.58. The monoisotopic (exact) mass is 216 g/mol. The molecule has 0 saturated carbocycles. The minimum Gasteiger partial charge on any atom is -0.388 e. The summed E-state index contributed by atoms with van der Waals surface area (Å²) in [5.41, 5.74) is 4.67. The summed E-state index contributed by atoms with van der Waals surface area (Å²) < 4.78 is 0. The summed E-state index contributed by atoms with van der Waals surface area (Å²) in [6.45, 7) is 8.03. The van der Waals surface area contributed by atoms with Crippen LogP contribution >= 0.6 is 0 Å². The third kappa shape index (κ3) is 3.12. The fourth-order valence-corrected chi connectivity index (χ4v) is 2.20. The molecule has 1 heteroatoms. The standard InChI is InChI=1S/C15H20O/c1-5-6-7-8-14(16)15-12(3)9-11(2)10-13(15)4/h9-10,14,16H,7-8H2,1-4H3. The lowest BCUT2D eigenvalue weighted by atomic mass is 9.93. The first-order valence-electron chi connectivity index (χ1n) is 5.71. The highest BCUT2D eigenvalue weighted by molar-refractivity contribution is 5.38. The maximum atomic E-state index is 10.1. The Balaban J connectivity index is 2.89. The molecule has 0 spiro atoms. The Labute approximate surface area is 98.5 Å². The number of hydrogen-bond donors (Lipinski definition) is 1. The van der Waals surface area contributed by atoms with Crippen molar-refractivity contribution < 1.29 is 5.11 Å². The maximum Gasteiger partial charge on any atom is 0.0804 e. The van der Waals surface area contributed by atoms with Crippen molar-refractivity contribution in [3.63, 3.8) is 0 Å². The van der Waals surface area contributed by atoms with Gasteiger partial charge in [-0.15, -0.1) is 11.8 Å². The van der Waals surface area contributed by atoms with Gasteiger partial charge in [0.1, 0.15) is 0 Å². The van der Waals surface area contributed by atoms with Gasteiger partial charge in [-0.1, -0.05) is 17.7 Å². The van der Waals surface area contributed by atoms with E-state index in [2.05, 4.69) is 44.7 Å². The van der Waals surface area contributed by atoms with Gasteiger partial charge in [0.15, 0.2) is 0 Å². The number of hydrogen-bond acceptors (Lipinski definition) is 1. The Morgan fingerprint density at radius 3 is 2.25 bits per heavy atom. The third-order valence-electron chi connectivity index (χ3n) is 2.79. The molecule has 1 aromatic carbocycles. The molecule has 1 nitrogen and oxygen atoms in total. The number of aryl methyl sites for hydroxylation is 3. The highest BCUT2D eigenvalue weighted by Gasteiger charge is 2.12. The summed E-state index contributed by atoms with van der Waals surface area (Å²) in [5.74, 6) is 5.84. The molecule has 0 amide bonds. The molecule has 16 heavy (non-hydrogen) atoms. The van der Waals surface area contributed by atoms with Gasteiger partial charge in [0, 0.05) is 6.42 Å². The van der Waals surface area contributed by atoms with E-state index >= 15 is 0 Å². The van der Waals surface area contributed by atoms with Crippen LogP contribution in [0.4, 0.5) is 0 Å². The van der Waals surface area contributed by atoms with Crippen LogP contribution in [-0.4, -0.2) is 5.11 Å². The van der Waals surface area contributed by atoms with E-state index in [1.807, 2.05) is 6.92 Å². The number of aliphatic hydroxyl groups excluding tert-OH is 1. The first-order chi connectivity index (χ1) is 7.56. The second-order valence-electron chi connectivity index (χ2n) is 4.29. The SMILES string of the molecule is CC#CCCC(O)c1c(C)cc(C)cc1C. The molecule has 0 fully saturated rings. The summed E-state index contributed by atoms with van der Waals surface area (Å²) in [6.07, 6.45) is 1.08. The van der Waals surface area contributed by atoms with Gasteiger partial charge in [0.25, 0.3) is 0 Å². The number of aliphatic hydroxyl groups is 1. The summed E-state index contributed by atoms with van der Waals surface area (Å²) in [6, 6.07) is 4.24. The van der Waals surface area contributed by atoms with Crippen molar-refractivity contribution in [2.75, 3.05) is 0 Å². The zero-order valence-corrected chi connectivity index (χ0v) is 10.6. The van der Waals surface area contributed by atoms with Crippen molar-refractivity contribution in [1.29, 1.82) is 0 Å². The van der Waals surface area contributed by atoms with E-state index < -0.39 is 0 Å². The normalized spacial score (nSPS) is 11.8. The molecule has 1 rings (SSSR count). The quantitative estimate of drug-likeness (QED) is 0.767. The van der Waals surface area contributed by atoms with Crippen LogP contribution in [-0.2, 0) is 0 Å². The Morgan fingerprint density at radius 2 is 1.75 bits per heavy atom. The van der Waals surface area contributed by atoms with Crippen LogP contribution in [0.15, 0.2) is 12.1 Å². The lowest BCUT2D eigenvalue weighted by Gasteiger charge is -2.16. The zero-order valence-electron chi connectivity index (χ0n) is 10.6. The molecule has 1 aromatic rings. The van der Waals surface area contributed by atoms with Crippen molar-refractivity contribution in [3.05, 3.63) is 34.4 Å². The average molecular weight is 216 g/mol. The molecule has 0 heterocycles. The highest BCUT2D eigenvalue weighted by atomic mass is 16.3. The first kappa shape index (κ1) is 12.8. The fourth-order valence-electron chi connectivity index (χ4n) is 2.20. The van der Waals surface area contributed by atoms with E-state index in [4.69, 9.17) is 0 Å². The Bertz CT molecular complexity index is 398. The van der Waals surface area contributed by atoms with Gasteiger partial charge < -0.3 is 5.11 Å². The van der Waals surface area contributed by atoms with E-state index in [0.717, 1.165) is 12.0 Å². The second-order valence-corrected chi connectivity index (χ2v) is 4.29. The predicted molar refractivity (Wildman–Crippen MR) is 68.3 cm³/mol. The molecule has 1 N–H and O–H groups in total. The maximum absolute atomic E-state index is 10.1. The van der Waals surface area contributed by atoms with Gasteiger partial charge in [-0.3, -0.25) is 0 Å². The van der Waals surface area contributed by atoms with Gasteiger partial charge >= 0.3 is 0 Å². The van der Waals surface area contributed by atoms with Crippen LogP contribution in [0.25, 0.3) is 0 Å². The molecule has 0 aliphatic rings. The molecule has 0 saturated heterocycles. The molecule has 0 aromatic heterocycles. The van der Waals surface area contributed by atoms with Gasteiger partial charge in [0.05, 0.1) is 6.10 Å². The third-order valence-corrected chi connectivity index (χ3v) is 2.79. The molecular weight excluding hydrogens is 196 g/mol. The summed E-state index contributed by atoms with van der Waals surface area (Å²) in [5, 5.41) is 10.1. The van der Waals surface area contributed by atoms with Crippen LogP contribution < -0.4 is 0 Å². The molecule has 0 radical (unpaired) electrons. The van der Waals surface area contributed by atoms with Crippen LogP contribution in [0.3, 0.4) is 0 Å². The smallest absolute Gasteiger partial charge is 0.0804 e. The zero-order chi connectivity index (χ0) is 12.1. The number of benzene rings is 1. The number of rotatable bonds is 3. The van der Waals surface area contributed by atoms with Crippen LogP contribution in [0.1, 0.15) is 48.1 Å². The highest BCUT2D eigenvalue weighted by Crippen LogP contribution is 2.26. The van der Waals surface area contributed by atoms with Crippen molar-refractivity contribution >= 4 is 0 Å². The Morgan fingerprint density at radius 1 is 1.19 bits per heavy atom. The lowest BCUT2D eigenvalue weighted by molar-refractivity contribution is 0.168.